The van der Waals surface area contributed by atoms with E-state index in [1.807, 2.05) is 0 Å². The Labute approximate surface area is 322 Å². The number of ether oxygens (including phenoxy) is 2. The first-order chi connectivity index (χ1) is 23.0. The molecule has 2 aromatic carbocycles. The van der Waals surface area contributed by atoms with Gasteiger partial charge in [0.25, 0.3) is 0 Å². The van der Waals surface area contributed by atoms with E-state index >= 15 is 0 Å². The van der Waals surface area contributed by atoms with Crippen LogP contribution in [0.5, 0.6) is 0 Å². The number of carbonyl (C=O) groups excluding carboxylic acids is 1. The molecule has 0 radical (unpaired) electrons. The van der Waals surface area contributed by atoms with Gasteiger partial charge in [0.05, 0.1) is 40.2 Å². The van der Waals surface area contributed by atoms with Crippen molar-refractivity contribution in [1.29, 1.82) is 0 Å². The first-order valence-corrected chi connectivity index (χ1v) is 19.1. The molecule has 51 heavy (non-hydrogen) atoms. The number of nitrogens with zero attached hydrogens (tertiary/aromatic N) is 2. The topological polar surface area (TPSA) is 238 Å². The molecule has 3 aliphatic rings. The van der Waals surface area contributed by atoms with Crippen molar-refractivity contribution < 1.29 is 91.4 Å². The van der Waals surface area contributed by atoms with Crippen molar-refractivity contribution >= 4 is 32.0 Å². The standard InChI is InChI=1S/C15H21NO5S.C14H19NO5S.C4H8O2.Na.H2O/c1-11-8-12(15(18)21-2)10-14(9-11)22(19,20)16-6-3-4-13(17)5-7-16;1-10-7-11(14(17)18)9-13(8-10)21(19,20)15-5-2-3-12(16)4-6-15;5-4-2-1-3-6-4;;/h8-10,13,17H,3-7H2,1-2H3;7-9,12,16H,2-6H2,1H3,(H,17,18);4-5H,1-3H2;;1H2/q;;;+1;/p-1. The first-order valence-electron chi connectivity index (χ1n) is 16.3. The van der Waals surface area contributed by atoms with Crippen molar-refractivity contribution in [3.63, 3.8) is 0 Å². The number of carboxylic acids is 1. The number of rotatable bonds is 6. The normalized spacial score (nSPS) is 21.5. The van der Waals surface area contributed by atoms with E-state index in [0.717, 1.165) is 19.4 Å². The Morgan fingerprint density at radius 3 is 1.53 bits per heavy atom. The number of methoxy groups -OCH3 is 1. The minimum atomic E-state index is -3.73. The van der Waals surface area contributed by atoms with Crippen LogP contribution < -0.4 is 29.6 Å². The van der Waals surface area contributed by atoms with Gasteiger partial charge in [-0.15, -0.1) is 0 Å². The van der Waals surface area contributed by atoms with Gasteiger partial charge < -0.3 is 35.4 Å². The van der Waals surface area contributed by atoms with Crippen LogP contribution in [0.4, 0.5) is 0 Å². The molecule has 3 atom stereocenters. The molecule has 5 N–H and O–H groups in total. The molecule has 3 saturated heterocycles. The van der Waals surface area contributed by atoms with Gasteiger partial charge in [0.2, 0.25) is 20.0 Å². The molecule has 15 nitrogen and oxygen atoms in total. The van der Waals surface area contributed by atoms with Gasteiger partial charge in [0, 0.05) is 39.2 Å². The maximum absolute atomic E-state index is 12.8. The van der Waals surface area contributed by atoms with Crippen molar-refractivity contribution in [2.24, 2.45) is 0 Å². The molecule has 282 valence electrons. The molecule has 5 rings (SSSR count). The molecule has 2 aromatic rings. The number of hydrogen-bond donors (Lipinski definition) is 4. The molecule has 3 heterocycles. The predicted octanol–water partition coefficient (Wildman–Crippen LogP) is -0.512. The fourth-order valence-corrected chi connectivity index (χ4v) is 8.85. The molecule has 0 aliphatic carbocycles. The second kappa shape index (κ2) is 21.6. The number of benzene rings is 2. The molecule has 0 saturated carbocycles. The third-order valence-corrected chi connectivity index (χ3v) is 12.0. The van der Waals surface area contributed by atoms with Gasteiger partial charge in [-0.25, -0.2) is 26.4 Å². The number of hydrogen-bond acceptors (Lipinski definition) is 12. The van der Waals surface area contributed by atoms with Crippen LogP contribution in [0.1, 0.15) is 83.2 Å². The number of aromatic carboxylic acids is 1. The molecule has 0 bridgehead atoms. The van der Waals surface area contributed by atoms with Gasteiger partial charge >= 0.3 is 41.5 Å². The second-order valence-corrected chi connectivity index (χ2v) is 16.2. The average molecular weight is 769 g/mol. The van der Waals surface area contributed by atoms with Crippen LogP contribution in [0, 0.1) is 13.8 Å². The van der Waals surface area contributed by atoms with E-state index in [0.29, 0.717) is 62.7 Å². The minimum absolute atomic E-state index is 0. The molecule has 0 spiro atoms. The van der Waals surface area contributed by atoms with E-state index < -0.39 is 50.5 Å². The number of sulfonamides is 2. The molecule has 3 aliphatic heterocycles. The summed E-state index contributed by atoms with van der Waals surface area (Å²) >= 11 is 0. The van der Waals surface area contributed by atoms with Gasteiger partial charge in [0.15, 0.2) is 6.29 Å². The molecular formula is C33H49N2NaO13S2. The molecule has 0 aromatic heterocycles. The largest absolute Gasteiger partial charge is 1.00 e. The van der Waals surface area contributed by atoms with Crippen LogP contribution in [0.15, 0.2) is 46.2 Å². The molecule has 3 unspecified atom stereocenters. The average Bonchev–Trinajstić information content (AvgIpc) is 3.27. The van der Waals surface area contributed by atoms with Crippen LogP contribution >= 0.6 is 0 Å². The van der Waals surface area contributed by atoms with E-state index in [1.54, 1.807) is 26.0 Å². The Morgan fingerprint density at radius 2 is 1.16 bits per heavy atom. The van der Waals surface area contributed by atoms with Crippen LogP contribution in [0.3, 0.4) is 0 Å². The summed E-state index contributed by atoms with van der Waals surface area (Å²) in [6, 6.07) is 8.58. The van der Waals surface area contributed by atoms with Gasteiger partial charge in [-0.3, -0.25) is 0 Å². The van der Waals surface area contributed by atoms with Gasteiger partial charge in [-0.1, -0.05) is 0 Å². The summed E-state index contributed by atoms with van der Waals surface area (Å²) in [6.07, 6.45) is 3.68. The van der Waals surface area contributed by atoms with Crippen molar-refractivity contribution in [3.05, 3.63) is 58.7 Å². The van der Waals surface area contributed by atoms with Crippen molar-refractivity contribution in [3.8, 4) is 0 Å². The number of aryl methyl sites for hydroxylation is 2. The molecular weight excluding hydrogens is 719 g/mol. The number of carbonyl (C=O) groups is 2. The Bertz CT molecular complexity index is 1650. The number of esters is 1. The van der Waals surface area contributed by atoms with Gasteiger partial charge in [-0.2, -0.15) is 8.61 Å². The Kier molecular flexibility index (Phi) is 20.0. The van der Waals surface area contributed by atoms with Gasteiger partial charge in [0.1, 0.15) is 0 Å². The van der Waals surface area contributed by atoms with Gasteiger partial charge in [-0.05, 0) is 106 Å². The molecule has 3 fully saturated rings. The maximum Gasteiger partial charge on any atom is 1.00 e. The number of carboxylic acid groups (broad SMARTS) is 1. The van der Waals surface area contributed by atoms with Crippen LogP contribution in [-0.4, -0.2) is 122 Å². The number of aliphatic hydroxyl groups excluding tert-OH is 3. The summed E-state index contributed by atoms with van der Waals surface area (Å²) in [5.41, 5.74) is 1.44. The predicted molar refractivity (Wildman–Crippen MR) is 181 cm³/mol. The Morgan fingerprint density at radius 1 is 0.706 bits per heavy atom. The summed E-state index contributed by atoms with van der Waals surface area (Å²) in [5.74, 6) is -1.71. The summed E-state index contributed by atoms with van der Waals surface area (Å²) in [7, 11) is -6.15. The summed E-state index contributed by atoms with van der Waals surface area (Å²) in [5, 5.41) is 36.8. The molecule has 0 amide bonds. The quantitative estimate of drug-likeness (QED) is 0.214. The van der Waals surface area contributed by atoms with E-state index in [4.69, 9.17) is 14.9 Å². The molecule has 18 heteroatoms. The van der Waals surface area contributed by atoms with Crippen LogP contribution in [0.25, 0.3) is 0 Å². The Balaban J connectivity index is 0.000000423. The zero-order valence-corrected chi connectivity index (χ0v) is 33.2. The fraction of sp³-hybridized carbons (Fsp3) is 0.576. The maximum atomic E-state index is 12.8. The summed E-state index contributed by atoms with van der Waals surface area (Å²) < 4.78 is 62.8. The zero-order valence-electron chi connectivity index (χ0n) is 29.6. The minimum Gasteiger partial charge on any atom is -0.870 e. The SMILES string of the molecule is COC(=O)c1cc(C)cc(S(=O)(=O)N2CCCC(O)CC2)c1.Cc1cc(C(=O)O)cc(S(=O)(=O)N2CCCC(O)CC2)c1.OC1CCCO1.[Na+].[OH-]. The van der Waals surface area contributed by atoms with E-state index in [9.17, 15) is 36.6 Å². The summed E-state index contributed by atoms with van der Waals surface area (Å²) in [4.78, 5) is 22.8. The second-order valence-electron chi connectivity index (χ2n) is 12.3. The fourth-order valence-electron chi connectivity index (χ4n) is 5.60. The van der Waals surface area contributed by atoms with Crippen molar-refractivity contribution in [2.75, 3.05) is 39.9 Å². The van der Waals surface area contributed by atoms with Crippen LogP contribution in [0.2, 0.25) is 0 Å². The van der Waals surface area contributed by atoms with E-state index in [1.165, 1.54) is 40.0 Å². The third kappa shape index (κ3) is 14.1. The van der Waals surface area contributed by atoms with E-state index in [-0.39, 0.29) is 69.0 Å². The smallest absolute Gasteiger partial charge is 0.870 e. The number of aliphatic hydroxyl groups is 3. The monoisotopic (exact) mass is 768 g/mol. The third-order valence-electron chi connectivity index (χ3n) is 8.26. The zero-order chi connectivity index (χ0) is 36.4. The van der Waals surface area contributed by atoms with Crippen molar-refractivity contribution in [1.82, 2.24) is 8.61 Å². The van der Waals surface area contributed by atoms with E-state index in [2.05, 4.69) is 4.74 Å². The Hall–Kier alpha value is -2.00. The first kappa shape index (κ1) is 47.0. The van der Waals surface area contributed by atoms with Crippen LogP contribution in [-0.2, 0) is 29.5 Å². The summed E-state index contributed by atoms with van der Waals surface area (Å²) in [6.45, 7) is 5.39. The van der Waals surface area contributed by atoms with Crippen molar-refractivity contribution in [2.45, 2.75) is 93.5 Å².